The van der Waals surface area contributed by atoms with Crippen molar-refractivity contribution in [3.8, 4) is 0 Å². The normalized spacial score (nSPS) is 16.5. The third-order valence-corrected chi connectivity index (χ3v) is 3.80. The quantitative estimate of drug-likeness (QED) is 0.810. The lowest BCUT2D eigenvalue weighted by atomic mass is 9.99. The zero-order valence-electron chi connectivity index (χ0n) is 13.1. The molecule has 1 atom stereocenters. The molecular weight excluding hydrogens is 294 g/mol. The largest absolute Gasteiger partial charge is 0.467 e. The average Bonchev–Trinajstić information content (AvgIpc) is 3.04. The van der Waals surface area contributed by atoms with Crippen LogP contribution in [0.5, 0.6) is 0 Å². The molecule has 2 aromatic rings. The third-order valence-electron chi connectivity index (χ3n) is 3.80. The predicted molar refractivity (Wildman–Crippen MR) is 87.2 cm³/mol. The van der Waals surface area contributed by atoms with E-state index in [0.717, 1.165) is 5.69 Å². The molecule has 120 valence electrons. The molecule has 1 aromatic heterocycles. The Hall–Kier alpha value is -2.76. The van der Waals surface area contributed by atoms with Gasteiger partial charge in [-0.1, -0.05) is 13.8 Å². The van der Waals surface area contributed by atoms with Gasteiger partial charge in [0.05, 0.1) is 24.2 Å². The topological polar surface area (TPSA) is 83.4 Å². The van der Waals surface area contributed by atoms with Crippen molar-refractivity contribution < 1.29 is 14.0 Å². The fraction of sp³-hybridized carbons (Fsp3) is 0.294. The van der Waals surface area contributed by atoms with E-state index in [1.807, 2.05) is 19.9 Å². The average molecular weight is 313 g/mol. The Kier molecular flexibility index (Phi) is 4.06. The van der Waals surface area contributed by atoms with E-state index in [0.29, 0.717) is 23.6 Å². The Morgan fingerprint density at radius 2 is 2.13 bits per heavy atom. The summed E-state index contributed by atoms with van der Waals surface area (Å²) in [7, 11) is 0. The monoisotopic (exact) mass is 313 g/mol. The first-order valence-corrected chi connectivity index (χ1v) is 7.56. The molecule has 0 spiro atoms. The minimum Gasteiger partial charge on any atom is -0.467 e. The molecule has 0 bridgehead atoms. The van der Waals surface area contributed by atoms with Crippen LogP contribution in [0.4, 0.5) is 11.4 Å². The zero-order valence-corrected chi connectivity index (χ0v) is 13.1. The molecule has 1 aliphatic rings. The number of benzene rings is 1. The molecule has 1 aromatic carbocycles. The fourth-order valence-corrected chi connectivity index (χ4v) is 2.51. The summed E-state index contributed by atoms with van der Waals surface area (Å²) in [6.45, 7) is 4.29. The molecule has 2 amide bonds. The van der Waals surface area contributed by atoms with Crippen molar-refractivity contribution in [3.63, 3.8) is 0 Å². The van der Waals surface area contributed by atoms with Crippen LogP contribution in [0.3, 0.4) is 0 Å². The van der Waals surface area contributed by atoms with E-state index < -0.39 is 0 Å². The lowest BCUT2D eigenvalue weighted by molar-refractivity contribution is -0.117. The van der Waals surface area contributed by atoms with Gasteiger partial charge in [-0.15, -0.1) is 0 Å². The molecule has 6 nitrogen and oxygen atoms in total. The first-order chi connectivity index (χ1) is 11.0. The Balaban J connectivity index is 1.72. The van der Waals surface area contributed by atoms with Crippen LogP contribution >= 0.6 is 0 Å². The standard InChI is InChI=1S/C17H19N3O3/c1-10(2)15-17(22)20-14-8-11(5-6-13(14)19-15)16(21)18-9-12-4-3-7-23-12/h3-8,10,15,19H,9H2,1-2H3,(H,18,21)(H,20,22)/t15-/m0/s1. The van der Waals surface area contributed by atoms with Crippen molar-refractivity contribution >= 4 is 23.2 Å². The molecule has 0 unspecified atom stereocenters. The summed E-state index contributed by atoms with van der Waals surface area (Å²) in [6.07, 6.45) is 1.56. The number of furan rings is 1. The predicted octanol–water partition coefficient (Wildman–Crippen LogP) is 2.60. The van der Waals surface area contributed by atoms with E-state index in [4.69, 9.17) is 4.42 Å². The number of carbonyl (C=O) groups excluding carboxylic acids is 2. The smallest absolute Gasteiger partial charge is 0.251 e. The highest BCUT2D eigenvalue weighted by atomic mass is 16.3. The molecule has 0 saturated heterocycles. The Bertz CT molecular complexity index is 723. The van der Waals surface area contributed by atoms with Gasteiger partial charge < -0.3 is 20.4 Å². The van der Waals surface area contributed by atoms with Gasteiger partial charge in [0.2, 0.25) is 5.91 Å². The van der Waals surface area contributed by atoms with Gasteiger partial charge in [-0.25, -0.2) is 0 Å². The number of amides is 2. The molecular formula is C17H19N3O3. The summed E-state index contributed by atoms with van der Waals surface area (Å²) in [5, 5.41) is 8.84. The van der Waals surface area contributed by atoms with Gasteiger partial charge in [-0.2, -0.15) is 0 Å². The molecule has 23 heavy (non-hydrogen) atoms. The third kappa shape index (κ3) is 3.21. The minimum absolute atomic E-state index is 0.0827. The van der Waals surface area contributed by atoms with Crippen LogP contribution in [0, 0.1) is 5.92 Å². The Morgan fingerprint density at radius 1 is 1.30 bits per heavy atom. The van der Waals surface area contributed by atoms with Gasteiger partial charge in [-0.3, -0.25) is 9.59 Å². The van der Waals surface area contributed by atoms with E-state index in [1.165, 1.54) is 0 Å². The van der Waals surface area contributed by atoms with Crippen LogP contribution in [0.1, 0.15) is 30.0 Å². The first kappa shape index (κ1) is 15.1. The lowest BCUT2D eigenvalue weighted by Gasteiger charge is -2.29. The van der Waals surface area contributed by atoms with Crippen LogP contribution in [-0.2, 0) is 11.3 Å². The summed E-state index contributed by atoms with van der Waals surface area (Å²) in [6, 6.07) is 8.52. The second kappa shape index (κ2) is 6.16. The van der Waals surface area contributed by atoms with Crippen molar-refractivity contribution in [1.29, 1.82) is 0 Å². The molecule has 0 aliphatic carbocycles. The highest BCUT2D eigenvalue weighted by Gasteiger charge is 2.28. The molecule has 3 rings (SSSR count). The zero-order chi connectivity index (χ0) is 16.4. The van der Waals surface area contributed by atoms with Crippen LogP contribution in [0.25, 0.3) is 0 Å². The first-order valence-electron chi connectivity index (χ1n) is 7.56. The maximum Gasteiger partial charge on any atom is 0.251 e. The van der Waals surface area contributed by atoms with Crippen molar-refractivity contribution in [2.45, 2.75) is 26.4 Å². The molecule has 0 radical (unpaired) electrons. The second-order valence-corrected chi connectivity index (χ2v) is 5.88. The van der Waals surface area contributed by atoms with Crippen molar-refractivity contribution in [2.24, 2.45) is 5.92 Å². The fourth-order valence-electron chi connectivity index (χ4n) is 2.51. The maximum absolute atomic E-state index is 12.2. The van der Waals surface area contributed by atoms with Crippen LogP contribution in [0.15, 0.2) is 41.0 Å². The number of rotatable bonds is 4. The van der Waals surface area contributed by atoms with Crippen molar-refractivity contribution in [1.82, 2.24) is 5.32 Å². The number of fused-ring (bicyclic) bond motifs is 1. The van der Waals surface area contributed by atoms with Gasteiger partial charge >= 0.3 is 0 Å². The summed E-state index contributed by atoms with van der Waals surface area (Å²) < 4.78 is 5.18. The van der Waals surface area contributed by atoms with Gasteiger partial charge in [-0.05, 0) is 36.2 Å². The highest BCUT2D eigenvalue weighted by Crippen LogP contribution is 2.29. The summed E-state index contributed by atoms with van der Waals surface area (Å²) >= 11 is 0. The van der Waals surface area contributed by atoms with Crippen molar-refractivity contribution in [2.75, 3.05) is 10.6 Å². The number of hydrogen-bond donors (Lipinski definition) is 3. The SMILES string of the molecule is CC(C)[C@@H]1Nc2ccc(C(=O)NCc3ccco3)cc2NC1=O. The summed E-state index contributed by atoms with van der Waals surface area (Å²) in [4.78, 5) is 24.3. The minimum atomic E-state index is -0.263. The lowest BCUT2D eigenvalue weighted by Crippen LogP contribution is -2.42. The molecule has 6 heteroatoms. The second-order valence-electron chi connectivity index (χ2n) is 5.88. The van der Waals surface area contributed by atoms with Gasteiger partial charge in [0.25, 0.3) is 5.91 Å². The van der Waals surface area contributed by atoms with Crippen LogP contribution in [0.2, 0.25) is 0 Å². The van der Waals surface area contributed by atoms with Gasteiger partial charge in [0.15, 0.2) is 0 Å². The van der Waals surface area contributed by atoms with E-state index in [9.17, 15) is 9.59 Å². The van der Waals surface area contributed by atoms with Gasteiger partial charge in [0, 0.05) is 5.56 Å². The molecule has 1 aliphatic heterocycles. The highest BCUT2D eigenvalue weighted by molar-refractivity contribution is 6.05. The van der Waals surface area contributed by atoms with Gasteiger partial charge in [0.1, 0.15) is 11.8 Å². The van der Waals surface area contributed by atoms with E-state index in [-0.39, 0.29) is 23.8 Å². The van der Waals surface area contributed by atoms with E-state index >= 15 is 0 Å². The molecule has 0 saturated carbocycles. The molecule has 0 fully saturated rings. The molecule has 2 heterocycles. The van der Waals surface area contributed by atoms with Crippen LogP contribution < -0.4 is 16.0 Å². The summed E-state index contributed by atoms with van der Waals surface area (Å²) in [5.74, 6) is 0.565. The Morgan fingerprint density at radius 3 is 2.83 bits per heavy atom. The van der Waals surface area contributed by atoms with E-state index in [2.05, 4.69) is 16.0 Å². The Labute approximate surface area is 134 Å². The number of carbonyl (C=O) groups is 2. The van der Waals surface area contributed by atoms with E-state index in [1.54, 1.807) is 30.5 Å². The number of nitrogens with one attached hydrogen (secondary N) is 3. The summed E-state index contributed by atoms with van der Waals surface area (Å²) in [5.41, 5.74) is 1.93. The molecule has 3 N–H and O–H groups in total. The maximum atomic E-state index is 12.2. The van der Waals surface area contributed by atoms with Crippen molar-refractivity contribution in [3.05, 3.63) is 47.9 Å². The number of anilines is 2. The van der Waals surface area contributed by atoms with Crippen LogP contribution in [-0.4, -0.2) is 17.9 Å². The number of hydrogen-bond acceptors (Lipinski definition) is 4.